The van der Waals surface area contributed by atoms with Crippen LogP contribution < -0.4 is 4.90 Å². The van der Waals surface area contributed by atoms with Gasteiger partial charge in [-0.3, -0.25) is 0 Å². The predicted octanol–water partition coefficient (Wildman–Crippen LogP) is 15.9. The SMILES string of the molecule is CC1(C)c2ccccc2-c2ccc(N(c3ccc(-c4ccccc4)cc3)c3ccc(C4(c5ccccc5Br)c5ccccc5-c5c(-c6ccccc6)cccc54)cc3)cc21. The van der Waals surface area contributed by atoms with Gasteiger partial charge in [0.1, 0.15) is 0 Å². The van der Waals surface area contributed by atoms with Crippen LogP contribution in [-0.2, 0) is 10.8 Å². The molecule has 0 amide bonds. The maximum atomic E-state index is 4.06. The smallest absolute Gasteiger partial charge is 0.0724 e. The molecule has 0 aromatic heterocycles. The average Bonchev–Trinajstić information content (AvgIpc) is 3.73. The summed E-state index contributed by atoms with van der Waals surface area (Å²) in [4.78, 5) is 2.42. The summed E-state index contributed by atoms with van der Waals surface area (Å²) in [6, 6.07) is 80.4. The Morgan fingerprint density at radius 1 is 0.350 bits per heavy atom. The number of anilines is 3. The maximum absolute atomic E-state index is 4.06. The van der Waals surface area contributed by atoms with E-state index in [1.807, 2.05) is 0 Å². The molecule has 1 nitrogen and oxygen atoms in total. The van der Waals surface area contributed by atoms with Crippen molar-refractivity contribution in [3.05, 3.63) is 256 Å². The molecule has 9 aromatic carbocycles. The van der Waals surface area contributed by atoms with Crippen molar-refractivity contribution in [1.82, 2.24) is 0 Å². The molecule has 0 saturated carbocycles. The molecule has 2 aliphatic carbocycles. The quantitative estimate of drug-likeness (QED) is 0.155. The highest BCUT2D eigenvalue weighted by molar-refractivity contribution is 9.10. The van der Waals surface area contributed by atoms with Crippen LogP contribution in [0.1, 0.15) is 47.2 Å². The first kappa shape index (κ1) is 36.3. The highest BCUT2D eigenvalue weighted by atomic mass is 79.9. The lowest BCUT2D eigenvalue weighted by atomic mass is 9.67. The lowest BCUT2D eigenvalue weighted by Crippen LogP contribution is -2.29. The Labute approximate surface area is 361 Å². The fourth-order valence-corrected chi connectivity index (χ4v) is 10.9. The van der Waals surface area contributed by atoms with Crippen molar-refractivity contribution in [3.63, 3.8) is 0 Å². The maximum Gasteiger partial charge on any atom is 0.0724 e. The van der Waals surface area contributed by atoms with Crippen molar-refractivity contribution in [2.45, 2.75) is 24.7 Å². The standard InChI is InChI=1S/C58H42BrN/c1-57(2)50-23-11-9-20-47(50)48-37-36-45(38-54(48)57)60(43-32-28-40(29-33-43)39-16-5-3-6-17-39)44-34-30-42(31-35-44)58(52-25-13-14-27-55(52)59)51-24-12-10-21-49(51)56-46(22-15-26-53(56)58)41-18-7-4-8-19-41/h3-38H,1-2H3. The molecular formula is C58H42BrN. The summed E-state index contributed by atoms with van der Waals surface area (Å²) in [6.45, 7) is 4.72. The van der Waals surface area contributed by atoms with Crippen LogP contribution in [0.15, 0.2) is 223 Å². The zero-order valence-electron chi connectivity index (χ0n) is 33.6. The Hall–Kier alpha value is -6.74. The van der Waals surface area contributed by atoms with E-state index in [4.69, 9.17) is 0 Å². The number of fused-ring (bicyclic) bond motifs is 6. The van der Waals surface area contributed by atoms with Gasteiger partial charge in [-0.1, -0.05) is 206 Å². The van der Waals surface area contributed by atoms with Gasteiger partial charge in [0, 0.05) is 26.9 Å². The molecule has 1 unspecified atom stereocenters. The van der Waals surface area contributed by atoms with Crippen LogP contribution in [0.2, 0.25) is 0 Å². The van der Waals surface area contributed by atoms with Gasteiger partial charge in [-0.15, -0.1) is 0 Å². The topological polar surface area (TPSA) is 3.24 Å². The monoisotopic (exact) mass is 831 g/mol. The molecule has 2 heteroatoms. The Balaban J connectivity index is 1.11. The van der Waals surface area contributed by atoms with E-state index in [0.717, 1.165) is 21.5 Å². The van der Waals surface area contributed by atoms with Gasteiger partial charge >= 0.3 is 0 Å². The third-order valence-electron chi connectivity index (χ3n) is 13.0. The van der Waals surface area contributed by atoms with Crippen molar-refractivity contribution in [2.24, 2.45) is 0 Å². The molecule has 0 heterocycles. The third kappa shape index (κ3) is 5.51. The molecule has 286 valence electrons. The van der Waals surface area contributed by atoms with Crippen LogP contribution in [0, 0.1) is 0 Å². The van der Waals surface area contributed by atoms with Crippen molar-refractivity contribution >= 4 is 33.0 Å². The molecule has 60 heavy (non-hydrogen) atoms. The van der Waals surface area contributed by atoms with E-state index in [1.165, 1.54) is 77.9 Å². The van der Waals surface area contributed by atoms with Crippen LogP contribution in [-0.4, -0.2) is 0 Å². The molecule has 2 aliphatic rings. The Morgan fingerprint density at radius 2 is 0.850 bits per heavy atom. The average molecular weight is 833 g/mol. The first-order chi connectivity index (χ1) is 29.4. The zero-order valence-corrected chi connectivity index (χ0v) is 35.2. The Bertz CT molecular complexity index is 3060. The van der Waals surface area contributed by atoms with Gasteiger partial charge in [0.05, 0.1) is 5.41 Å². The lowest BCUT2D eigenvalue weighted by molar-refractivity contribution is 0.660. The van der Waals surface area contributed by atoms with Crippen LogP contribution in [0.4, 0.5) is 17.1 Å². The fraction of sp³-hybridized carbons (Fsp3) is 0.0690. The van der Waals surface area contributed by atoms with E-state index >= 15 is 0 Å². The minimum absolute atomic E-state index is 0.119. The molecule has 0 radical (unpaired) electrons. The number of rotatable bonds is 7. The van der Waals surface area contributed by atoms with Gasteiger partial charge in [0.2, 0.25) is 0 Å². The van der Waals surface area contributed by atoms with E-state index in [2.05, 4.69) is 253 Å². The summed E-state index contributed by atoms with van der Waals surface area (Å²) in [7, 11) is 0. The number of nitrogens with zero attached hydrogens (tertiary/aromatic N) is 1. The third-order valence-corrected chi connectivity index (χ3v) is 13.7. The molecule has 1 atom stereocenters. The van der Waals surface area contributed by atoms with Gasteiger partial charge in [-0.2, -0.15) is 0 Å². The van der Waals surface area contributed by atoms with E-state index in [9.17, 15) is 0 Å². The zero-order chi connectivity index (χ0) is 40.4. The number of hydrogen-bond acceptors (Lipinski definition) is 1. The summed E-state index contributed by atoms with van der Waals surface area (Å²) in [5.41, 5.74) is 20.5. The molecule has 0 fully saturated rings. The minimum Gasteiger partial charge on any atom is -0.310 e. The molecule has 0 saturated heterocycles. The summed E-state index contributed by atoms with van der Waals surface area (Å²) in [6.07, 6.45) is 0. The Morgan fingerprint density at radius 3 is 1.55 bits per heavy atom. The second-order valence-electron chi connectivity index (χ2n) is 16.6. The molecular weight excluding hydrogens is 791 g/mol. The molecule has 11 rings (SSSR count). The van der Waals surface area contributed by atoms with Gasteiger partial charge in [0.25, 0.3) is 0 Å². The summed E-state index contributed by atoms with van der Waals surface area (Å²) < 4.78 is 1.09. The van der Waals surface area contributed by atoms with E-state index in [1.54, 1.807) is 0 Å². The largest absolute Gasteiger partial charge is 0.310 e. The minimum atomic E-state index is -0.569. The first-order valence-electron chi connectivity index (χ1n) is 20.8. The summed E-state index contributed by atoms with van der Waals surface area (Å²) in [5, 5.41) is 0. The highest BCUT2D eigenvalue weighted by Crippen LogP contribution is 2.59. The second-order valence-corrected chi connectivity index (χ2v) is 17.4. The van der Waals surface area contributed by atoms with Crippen molar-refractivity contribution in [3.8, 4) is 44.5 Å². The number of benzene rings is 9. The van der Waals surface area contributed by atoms with Gasteiger partial charge in [-0.05, 0) is 120 Å². The van der Waals surface area contributed by atoms with Crippen LogP contribution in [0.5, 0.6) is 0 Å². The second kappa shape index (κ2) is 14.2. The van der Waals surface area contributed by atoms with Crippen LogP contribution in [0.25, 0.3) is 44.5 Å². The highest BCUT2D eigenvalue weighted by Gasteiger charge is 2.48. The fourth-order valence-electron chi connectivity index (χ4n) is 10.3. The number of hydrogen-bond donors (Lipinski definition) is 0. The molecule has 9 aromatic rings. The predicted molar refractivity (Wildman–Crippen MR) is 255 cm³/mol. The molecule has 0 bridgehead atoms. The van der Waals surface area contributed by atoms with E-state index in [0.29, 0.717) is 0 Å². The van der Waals surface area contributed by atoms with Gasteiger partial charge in [-0.25, -0.2) is 0 Å². The Kier molecular flexibility index (Phi) is 8.62. The number of halogens is 1. The van der Waals surface area contributed by atoms with Gasteiger partial charge in [0.15, 0.2) is 0 Å². The van der Waals surface area contributed by atoms with Crippen molar-refractivity contribution in [2.75, 3.05) is 4.90 Å². The van der Waals surface area contributed by atoms with E-state index in [-0.39, 0.29) is 5.41 Å². The molecule has 0 N–H and O–H groups in total. The summed E-state index contributed by atoms with van der Waals surface area (Å²) >= 11 is 4.06. The van der Waals surface area contributed by atoms with Crippen LogP contribution >= 0.6 is 15.9 Å². The first-order valence-corrected chi connectivity index (χ1v) is 21.6. The van der Waals surface area contributed by atoms with E-state index < -0.39 is 5.41 Å². The van der Waals surface area contributed by atoms with Crippen LogP contribution in [0.3, 0.4) is 0 Å². The van der Waals surface area contributed by atoms with Crippen molar-refractivity contribution < 1.29 is 0 Å². The summed E-state index contributed by atoms with van der Waals surface area (Å²) in [5.74, 6) is 0. The van der Waals surface area contributed by atoms with Gasteiger partial charge < -0.3 is 4.90 Å². The van der Waals surface area contributed by atoms with Crippen molar-refractivity contribution in [1.29, 1.82) is 0 Å². The molecule has 0 aliphatic heterocycles. The lowest BCUT2D eigenvalue weighted by Gasteiger charge is -2.35. The molecule has 0 spiro atoms. The normalized spacial score (nSPS) is 15.4.